The Balaban J connectivity index is 1.87. The Morgan fingerprint density at radius 1 is 1.00 bits per heavy atom. The van der Waals surface area contributed by atoms with Crippen molar-refractivity contribution in [2.45, 2.75) is 31.2 Å². The Morgan fingerprint density at radius 3 is 2.33 bits per heavy atom. The second-order valence-electron chi connectivity index (χ2n) is 6.91. The predicted molar refractivity (Wildman–Crippen MR) is 120 cm³/mol. The minimum absolute atomic E-state index is 0.0442. The summed E-state index contributed by atoms with van der Waals surface area (Å²) in [4.78, 5) is 12.7. The average Bonchev–Trinajstić information content (AvgIpc) is 2.74. The van der Waals surface area contributed by atoms with E-state index < -0.39 is 10.0 Å². The number of aryl methyl sites for hydroxylation is 1. The summed E-state index contributed by atoms with van der Waals surface area (Å²) in [6.07, 6.45) is 0.698. The highest BCUT2D eigenvalue weighted by atomic mass is 35.5. The largest absolute Gasteiger partial charge is 0.345 e. The third kappa shape index (κ3) is 5.01. The zero-order chi connectivity index (χ0) is 21.7. The highest BCUT2D eigenvalue weighted by Gasteiger charge is 2.22. The number of carbonyl (C=O) groups excluding carboxylic acids is 1. The molecule has 0 aromatic heterocycles. The number of anilines is 1. The molecule has 0 spiro atoms. The molecule has 0 heterocycles. The van der Waals surface area contributed by atoms with Gasteiger partial charge in [0.05, 0.1) is 16.8 Å². The molecule has 0 aliphatic carbocycles. The maximum absolute atomic E-state index is 12.9. The maximum atomic E-state index is 12.9. The standard InChI is InChI=1S/C23H23ClN2O3S/c1-3-20(17-10-5-4-6-11-17)25-23(27)18-13-14-19(24)22(15-18)30(28,29)26-21-12-8-7-9-16(21)2/h4-15,20,26H,3H2,1-2H3,(H,25,27)/t20-/m0/s1. The van der Waals surface area contributed by atoms with Crippen molar-refractivity contribution in [3.63, 3.8) is 0 Å². The fraction of sp³-hybridized carbons (Fsp3) is 0.174. The fourth-order valence-corrected chi connectivity index (χ4v) is 4.74. The third-order valence-corrected chi connectivity index (χ3v) is 6.63. The molecule has 2 N–H and O–H groups in total. The van der Waals surface area contributed by atoms with Gasteiger partial charge in [0.2, 0.25) is 0 Å². The van der Waals surface area contributed by atoms with Crippen LogP contribution >= 0.6 is 11.6 Å². The number of benzene rings is 3. The van der Waals surface area contributed by atoms with Gasteiger partial charge in [0, 0.05) is 5.56 Å². The van der Waals surface area contributed by atoms with Gasteiger partial charge in [0.15, 0.2) is 0 Å². The van der Waals surface area contributed by atoms with E-state index in [0.717, 1.165) is 11.1 Å². The lowest BCUT2D eigenvalue weighted by Crippen LogP contribution is -2.28. The van der Waals surface area contributed by atoms with E-state index in [1.807, 2.05) is 43.3 Å². The van der Waals surface area contributed by atoms with E-state index in [-0.39, 0.29) is 27.4 Å². The van der Waals surface area contributed by atoms with Crippen molar-refractivity contribution in [1.29, 1.82) is 0 Å². The van der Waals surface area contributed by atoms with Crippen molar-refractivity contribution in [2.24, 2.45) is 0 Å². The molecule has 0 fully saturated rings. The lowest BCUT2D eigenvalue weighted by atomic mass is 10.0. The summed E-state index contributed by atoms with van der Waals surface area (Å²) in [5, 5.41) is 3.00. The SMILES string of the molecule is CC[C@H](NC(=O)c1ccc(Cl)c(S(=O)(=O)Nc2ccccc2C)c1)c1ccccc1. The van der Waals surface area contributed by atoms with Crippen LogP contribution in [0.5, 0.6) is 0 Å². The molecule has 156 valence electrons. The zero-order valence-electron chi connectivity index (χ0n) is 16.7. The molecular formula is C23H23ClN2O3S. The molecule has 0 saturated heterocycles. The molecule has 0 bridgehead atoms. The summed E-state index contributed by atoms with van der Waals surface area (Å²) < 4.78 is 28.4. The quantitative estimate of drug-likeness (QED) is 0.519. The zero-order valence-corrected chi connectivity index (χ0v) is 18.3. The van der Waals surface area contributed by atoms with Gasteiger partial charge >= 0.3 is 0 Å². The minimum Gasteiger partial charge on any atom is -0.345 e. The van der Waals surface area contributed by atoms with Crippen LogP contribution in [0.3, 0.4) is 0 Å². The highest BCUT2D eigenvalue weighted by Crippen LogP contribution is 2.27. The highest BCUT2D eigenvalue weighted by molar-refractivity contribution is 7.92. The first-order chi connectivity index (χ1) is 14.3. The molecule has 7 heteroatoms. The van der Waals surface area contributed by atoms with Gasteiger partial charge in [-0.05, 0) is 48.7 Å². The molecule has 1 amide bonds. The number of hydrogen-bond acceptors (Lipinski definition) is 3. The van der Waals surface area contributed by atoms with Crippen LogP contribution in [0, 0.1) is 6.92 Å². The molecule has 0 aliphatic rings. The van der Waals surface area contributed by atoms with E-state index in [1.165, 1.54) is 18.2 Å². The van der Waals surface area contributed by atoms with Gasteiger partial charge in [-0.2, -0.15) is 0 Å². The average molecular weight is 443 g/mol. The van der Waals surface area contributed by atoms with E-state index in [1.54, 1.807) is 25.1 Å². The first-order valence-corrected chi connectivity index (χ1v) is 11.4. The fourth-order valence-electron chi connectivity index (χ4n) is 3.09. The number of amides is 1. The second-order valence-corrected chi connectivity index (χ2v) is 8.97. The summed E-state index contributed by atoms with van der Waals surface area (Å²) in [5.74, 6) is -0.366. The van der Waals surface area contributed by atoms with Gasteiger partial charge in [-0.15, -0.1) is 0 Å². The molecule has 0 unspecified atom stereocenters. The van der Waals surface area contributed by atoms with Gasteiger partial charge in [0.1, 0.15) is 4.90 Å². The van der Waals surface area contributed by atoms with Crippen LogP contribution in [0.25, 0.3) is 0 Å². The molecule has 0 radical (unpaired) electrons. The van der Waals surface area contributed by atoms with Gasteiger partial charge < -0.3 is 5.32 Å². The summed E-state index contributed by atoms with van der Waals surface area (Å²) in [5.41, 5.74) is 2.44. The van der Waals surface area contributed by atoms with Gasteiger partial charge in [-0.25, -0.2) is 8.42 Å². The number of sulfonamides is 1. The Kier molecular flexibility index (Phi) is 6.80. The van der Waals surface area contributed by atoms with Crippen molar-refractivity contribution >= 4 is 33.2 Å². The number of halogens is 1. The number of rotatable bonds is 7. The van der Waals surface area contributed by atoms with Gasteiger partial charge in [0.25, 0.3) is 15.9 Å². The van der Waals surface area contributed by atoms with Gasteiger partial charge in [-0.1, -0.05) is 67.1 Å². The predicted octanol–water partition coefficient (Wildman–Crippen LogP) is 5.33. The van der Waals surface area contributed by atoms with Crippen molar-refractivity contribution in [1.82, 2.24) is 5.32 Å². The minimum atomic E-state index is -3.97. The summed E-state index contributed by atoms with van der Waals surface area (Å²) in [6, 6.07) is 20.7. The van der Waals surface area contributed by atoms with Crippen LogP contribution in [-0.4, -0.2) is 14.3 Å². The lowest BCUT2D eigenvalue weighted by Gasteiger charge is -2.18. The molecule has 1 atom stereocenters. The van der Waals surface area contributed by atoms with Crippen molar-refractivity contribution in [2.75, 3.05) is 4.72 Å². The maximum Gasteiger partial charge on any atom is 0.263 e. The molecule has 3 aromatic rings. The van der Waals surface area contributed by atoms with Crippen LogP contribution in [0.2, 0.25) is 5.02 Å². The van der Waals surface area contributed by atoms with Crippen LogP contribution in [0.1, 0.15) is 40.9 Å². The Labute approximate surface area is 182 Å². The van der Waals surface area contributed by atoms with Crippen molar-refractivity contribution in [3.8, 4) is 0 Å². The van der Waals surface area contributed by atoms with E-state index in [9.17, 15) is 13.2 Å². The van der Waals surface area contributed by atoms with E-state index in [2.05, 4.69) is 10.0 Å². The second kappa shape index (κ2) is 9.32. The molecule has 3 aromatic carbocycles. The summed E-state index contributed by atoms with van der Waals surface area (Å²) in [7, 11) is -3.97. The van der Waals surface area contributed by atoms with Crippen molar-refractivity contribution < 1.29 is 13.2 Å². The molecule has 30 heavy (non-hydrogen) atoms. The molecule has 0 saturated carbocycles. The van der Waals surface area contributed by atoms with Crippen molar-refractivity contribution in [3.05, 3.63) is 94.5 Å². The first-order valence-electron chi connectivity index (χ1n) is 9.55. The lowest BCUT2D eigenvalue weighted by molar-refractivity contribution is 0.0935. The van der Waals surface area contributed by atoms with Crippen LogP contribution in [0.4, 0.5) is 5.69 Å². The van der Waals surface area contributed by atoms with E-state index in [4.69, 9.17) is 11.6 Å². The smallest absolute Gasteiger partial charge is 0.263 e. The Bertz CT molecular complexity index is 1150. The Morgan fingerprint density at radius 2 is 1.67 bits per heavy atom. The number of para-hydroxylation sites is 1. The molecule has 5 nitrogen and oxygen atoms in total. The van der Waals surface area contributed by atoms with Crippen LogP contribution in [-0.2, 0) is 10.0 Å². The third-order valence-electron chi connectivity index (χ3n) is 4.79. The molecule has 3 rings (SSSR count). The number of hydrogen-bond donors (Lipinski definition) is 2. The molecule has 0 aliphatic heterocycles. The summed E-state index contributed by atoms with van der Waals surface area (Å²) in [6.45, 7) is 3.78. The topological polar surface area (TPSA) is 75.3 Å². The monoisotopic (exact) mass is 442 g/mol. The van der Waals surface area contributed by atoms with E-state index in [0.29, 0.717) is 12.1 Å². The normalized spacial score (nSPS) is 12.2. The Hall–Kier alpha value is -2.83. The summed E-state index contributed by atoms with van der Waals surface area (Å²) >= 11 is 6.17. The van der Waals surface area contributed by atoms with Gasteiger partial charge in [-0.3, -0.25) is 9.52 Å². The van der Waals surface area contributed by atoms with E-state index >= 15 is 0 Å². The first kappa shape index (κ1) is 21.9. The van der Waals surface area contributed by atoms with Crippen LogP contribution in [0.15, 0.2) is 77.7 Å². The molecular weight excluding hydrogens is 420 g/mol. The number of carbonyl (C=O) groups is 1. The number of nitrogens with one attached hydrogen (secondary N) is 2. The van der Waals surface area contributed by atoms with Crippen LogP contribution < -0.4 is 10.0 Å².